The van der Waals surface area contributed by atoms with Gasteiger partial charge in [0, 0.05) is 6.61 Å². The van der Waals surface area contributed by atoms with Gasteiger partial charge in [-0.2, -0.15) is 0 Å². The molecule has 0 spiro atoms. The van der Waals surface area contributed by atoms with Crippen LogP contribution in [0.25, 0.3) is 0 Å². The van der Waals surface area contributed by atoms with Gasteiger partial charge in [-0.05, 0) is 68.4 Å². The molecule has 2 atom stereocenters. The highest BCUT2D eigenvalue weighted by Crippen LogP contribution is 2.39. The van der Waals surface area contributed by atoms with Crippen molar-refractivity contribution < 1.29 is 4.74 Å². The molecule has 0 aromatic heterocycles. The first-order valence-electron chi connectivity index (χ1n) is 6.35. The summed E-state index contributed by atoms with van der Waals surface area (Å²) in [6.45, 7) is 9.75. The average Bonchev–Trinajstić information content (AvgIpc) is 2.80. The summed E-state index contributed by atoms with van der Waals surface area (Å²) in [5, 5.41) is 0. The Bertz CT molecular complexity index is 393. The van der Waals surface area contributed by atoms with Crippen molar-refractivity contribution in [2.24, 2.45) is 0 Å². The van der Waals surface area contributed by atoms with E-state index < -0.39 is 0 Å². The average molecular weight is 297 g/mol. The van der Waals surface area contributed by atoms with Gasteiger partial charge in [0.2, 0.25) is 0 Å². The minimum Gasteiger partial charge on any atom is -0.377 e. The van der Waals surface area contributed by atoms with E-state index in [1.54, 1.807) is 0 Å². The van der Waals surface area contributed by atoms with Crippen molar-refractivity contribution in [3.8, 4) is 0 Å². The Labute approximate surface area is 113 Å². The van der Waals surface area contributed by atoms with Crippen molar-refractivity contribution in [3.05, 3.63) is 33.9 Å². The highest BCUT2D eigenvalue weighted by Gasteiger charge is 2.28. The lowest BCUT2D eigenvalue weighted by Crippen LogP contribution is -2.15. The number of hydrogen-bond acceptors (Lipinski definition) is 1. The lowest BCUT2D eigenvalue weighted by molar-refractivity contribution is 0.110. The Morgan fingerprint density at radius 1 is 1.18 bits per heavy atom. The number of alkyl halides is 1. The van der Waals surface area contributed by atoms with E-state index in [9.17, 15) is 0 Å². The smallest absolute Gasteiger partial charge is 0.0742 e. The molecule has 1 aromatic rings. The molecule has 2 heteroatoms. The topological polar surface area (TPSA) is 9.23 Å². The summed E-state index contributed by atoms with van der Waals surface area (Å²) in [7, 11) is 0. The maximum absolute atomic E-state index is 5.81. The van der Waals surface area contributed by atoms with Gasteiger partial charge >= 0.3 is 0 Å². The number of halogens is 1. The number of benzene rings is 1. The van der Waals surface area contributed by atoms with Crippen molar-refractivity contribution in [1.29, 1.82) is 0 Å². The molecular weight excluding hydrogens is 276 g/mol. The summed E-state index contributed by atoms with van der Waals surface area (Å²) >= 11 is 3.86. The van der Waals surface area contributed by atoms with Crippen LogP contribution in [0.5, 0.6) is 0 Å². The van der Waals surface area contributed by atoms with Crippen molar-refractivity contribution in [2.75, 3.05) is 6.61 Å². The molecule has 1 aliphatic heterocycles. The predicted molar refractivity (Wildman–Crippen MR) is 76.0 cm³/mol. The van der Waals surface area contributed by atoms with E-state index in [-0.39, 0.29) is 0 Å². The molecule has 94 valence electrons. The van der Waals surface area contributed by atoms with Crippen molar-refractivity contribution in [3.63, 3.8) is 0 Å². The van der Waals surface area contributed by atoms with E-state index in [4.69, 9.17) is 4.74 Å². The maximum atomic E-state index is 5.81. The largest absolute Gasteiger partial charge is 0.377 e. The fourth-order valence-corrected chi connectivity index (χ4v) is 3.78. The van der Waals surface area contributed by atoms with E-state index in [1.807, 2.05) is 0 Å². The molecule has 17 heavy (non-hydrogen) atoms. The molecule has 2 rings (SSSR count). The molecule has 0 N–H and O–H groups in total. The molecule has 2 unspecified atom stereocenters. The zero-order valence-electron chi connectivity index (χ0n) is 11.1. The van der Waals surface area contributed by atoms with Crippen LogP contribution in [0.4, 0.5) is 0 Å². The van der Waals surface area contributed by atoms with Gasteiger partial charge in [0.25, 0.3) is 0 Å². The number of hydrogen-bond donors (Lipinski definition) is 0. The normalized spacial score (nSPS) is 21.8. The number of aryl methyl sites for hydroxylation is 2. The fraction of sp³-hybridized carbons (Fsp3) is 0.600. The Hall–Kier alpha value is -0.340. The van der Waals surface area contributed by atoms with Crippen LogP contribution in [-0.2, 0) is 4.74 Å². The van der Waals surface area contributed by atoms with Crippen molar-refractivity contribution in [1.82, 2.24) is 0 Å². The second-order valence-electron chi connectivity index (χ2n) is 5.13. The molecular formula is C15H21BrO. The van der Waals surface area contributed by atoms with Crippen LogP contribution in [0.1, 0.15) is 45.5 Å². The third kappa shape index (κ3) is 2.43. The van der Waals surface area contributed by atoms with E-state index in [0.717, 1.165) is 6.61 Å². The van der Waals surface area contributed by atoms with Crippen molar-refractivity contribution in [2.45, 2.75) is 51.5 Å². The third-order valence-electron chi connectivity index (χ3n) is 3.99. The second kappa shape index (κ2) is 5.11. The molecule has 0 amide bonds. The zero-order chi connectivity index (χ0) is 12.6. The van der Waals surface area contributed by atoms with Crippen LogP contribution in [0, 0.1) is 27.7 Å². The van der Waals surface area contributed by atoms with Gasteiger partial charge in [-0.25, -0.2) is 0 Å². The predicted octanol–water partition coefficient (Wildman–Crippen LogP) is 4.54. The minimum atomic E-state index is 0.337. The van der Waals surface area contributed by atoms with E-state index in [2.05, 4.69) is 49.7 Å². The highest BCUT2D eigenvalue weighted by atomic mass is 79.9. The van der Waals surface area contributed by atoms with E-state index in [0.29, 0.717) is 10.9 Å². The summed E-state index contributed by atoms with van der Waals surface area (Å²) in [5.74, 6) is 0. The molecule has 0 bridgehead atoms. The summed E-state index contributed by atoms with van der Waals surface area (Å²) < 4.78 is 5.81. The monoisotopic (exact) mass is 296 g/mol. The van der Waals surface area contributed by atoms with Gasteiger partial charge in [-0.3, -0.25) is 0 Å². The second-order valence-corrected chi connectivity index (χ2v) is 6.11. The molecule has 1 aromatic carbocycles. The fourth-order valence-electron chi connectivity index (χ4n) is 2.68. The lowest BCUT2D eigenvalue weighted by atomic mass is 9.90. The van der Waals surface area contributed by atoms with E-state index in [1.165, 1.54) is 40.7 Å². The van der Waals surface area contributed by atoms with Gasteiger partial charge in [0.15, 0.2) is 0 Å². The molecule has 1 nitrogen and oxygen atoms in total. The first kappa shape index (κ1) is 13.1. The first-order chi connectivity index (χ1) is 8.02. The molecule has 1 fully saturated rings. The Balaban J connectivity index is 2.42. The zero-order valence-corrected chi connectivity index (χ0v) is 12.7. The van der Waals surface area contributed by atoms with Gasteiger partial charge in [0.05, 0.1) is 10.9 Å². The minimum absolute atomic E-state index is 0.337. The number of ether oxygens (including phenoxy) is 1. The van der Waals surface area contributed by atoms with Gasteiger partial charge in [0.1, 0.15) is 0 Å². The van der Waals surface area contributed by atoms with Gasteiger partial charge in [-0.15, -0.1) is 0 Å². The quantitative estimate of drug-likeness (QED) is 0.728. The van der Waals surface area contributed by atoms with Gasteiger partial charge < -0.3 is 4.74 Å². The summed E-state index contributed by atoms with van der Waals surface area (Å²) in [6, 6.07) is 2.28. The number of rotatable bonds is 2. The maximum Gasteiger partial charge on any atom is 0.0742 e. The molecule has 1 aliphatic rings. The molecule has 1 heterocycles. The molecule has 1 saturated heterocycles. The van der Waals surface area contributed by atoms with Gasteiger partial charge in [-0.1, -0.05) is 22.0 Å². The lowest BCUT2D eigenvalue weighted by Gasteiger charge is -2.23. The van der Waals surface area contributed by atoms with Crippen LogP contribution in [0.15, 0.2) is 6.07 Å². The molecule has 0 radical (unpaired) electrons. The van der Waals surface area contributed by atoms with Crippen LogP contribution < -0.4 is 0 Å². The Kier molecular flexibility index (Phi) is 3.94. The highest BCUT2D eigenvalue weighted by molar-refractivity contribution is 9.09. The summed E-state index contributed by atoms with van der Waals surface area (Å²) in [6.07, 6.45) is 2.70. The third-order valence-corrected chi connectivity index (χ3v) is 5.04. The molecule has 0 saturated carbocycles. The summed E-state index contributed by atoms with van der Waals surface area (Å²) in [4.78, 5) is 0.337. The van der Waals surface area contributed by atoms with Crippen molar-refractivity contribution >= 4 is 15.9 Å². The van der Waals surface area contributed by atoms with E-state index >= 15 is 0 Å². The molecule has 0 aliphatic carbocycles. The Morgan fingerprint density at radius 2 is 1.76 bits per heavy atom. The standard InChI is InChI=1S/C15H21BrO/c1-9-8-10(2)12(4)14(11(9)3)15(16)13-6-5-7-17-13/h8,13,15H,5-7H2,1-4H3. The van der Waals surface area contributed by atoms with Crippen LogP contribution in [0.2, 0.25) is 0 Å². The Morgan fingerprint density at radius 3 is 2.24 bits per heavy atom. The first-order valence-corrected chi connectivity index (χ1v) is 7.27. The van der Waals surface area contributed by atoms with Crippen LogP contribution in [-0.4, -0.2) is 12.7 Å². The SMILES string of the molecule is Cc1cc(C)c(C)c(C(Br)C2CCCO2)c1C. The van der Waals surface area contributed by atoms with Crippen LogP contribution in [0.3, 0.4) is 0 Å². The van der Waals surface area contributed by atoms with Crippen LogP contribution >= 0.6 is 15.9 Å². The summed E-state index contributed by atoms with van der Waals surface area (Å²) in [5.41, 5.74) is 7.02.